The first kappa shape index (κ1) is 19.3. The molecule has 0 radical (unpaired) electrons. The van der Waals surface area contributed by atoms with Crippen molar-refractivity contribution in [3.63, 3.8) is 0 Å². The van der Waals surface area contributed by atoms with Crippen LogP contribution in [0, 0.1) is 13.8 Å². The van der Waals surface area contributed by atoms with Crippen molar-refractivity contribution in [1.29, 1.82) is 0 Å². The molecule has 29 heavy (non-hydrogen) atoms. The highest BCUT2D eigenvalue weighted by atomic mass is 32.2. The first-order valence-corrected chi connectivity index (χ1v) is 10.5. The van der Waals surface area contributed by atoms with Crippen LogP contribution in [0.5, 0.6) is 0 Å². The molecule has 8 heteroatoms. The van der Waals surface area contributed by atoms with Crippen molar-refractivity contribution in [2.24, 2.45) is 0 Å². The van der Waals surface area contributed by atoms with Crippen molar-refractivity contribution < 1.29 is 0 Å². The fourth-order valence-corrected chi connectivity index (χ4v) is 4.30. The topological polar surface area (TPSA) is 78.5 Å². The first-order valence-electron chi connectivity index (χ1n) is 9.55. The fraction of sp³-hybridized carbons (Fsp3) is 0.286. The van der Waals surface area contributed by atoms with Gasteiger partial charge in [-0.25, -0.2) is 9.67 Å². The Labute approximate surface area is 172 Å². The summed E-state index contributed by atoms with van der Waals surface area (Å²) in [6.45, 7) is 6.91. The number of rotatable bonds is 6. The summed E-state index contributed by atoms with van der Waals surface area (Å²) < 4.78 is 3.49. The average molecular weight is 407 g/mol. The van der Waals surface area contributed by atoms with E-state index >= 15 is 0 Å². The first-order chi connectivity index (χ1) is 14.1. The molecule has 4 aromatic rings. The van der Waals surface area contributed by atoms with Crippen molar-refractivity contribution in [2.75, 3.05) is 0 Å². The zero-order valence-electron chi connectivity index (χ0n) is 16.7. The summed E-state index contributed by atoms with van der Waals surface area (Å²) in [6, 6.07) is 13.6. The lowest BCUT2D eigenvalue weighted by atomic mass is 10.1. The third-order valence-electron chi connectivity index (χ3n) is 4.58. The molecule has 0 aliphatic carbocycles. The number of hydrogen-bond acceptors (Lipinski definition) is 6. The lowest BCUT2D eigenvalue weighted by molar-refractivity contribution is 0.564. The Kier molecular flexibility index (Phi) is 5.44. The zero-order chi connectivity index (χ0) is 20.4. The Hall–Kier alpha value is -3.00. The molecule has 0 aliphatic rings. The molecule has 148 valence electrons. The van der Waals surface area contributed by atoms with Crippen LogP contribution in [0.4, 0.5) is 0 Å². The van der Waals surface area contributed by atoms with Gasteiger partial charge in [-0.3, -0.25) is 9.36 Å². The molecule has 7 nitrogen and oxygen atoms in total. The van der Waals surface area contributed by atoms with E-state index in [4.69, 9.17) is 4.98 Å². The summed E-state index contributed by atoms with van der Waals surface area (Å²) in [5, 5.41) is 13.2. The lowest BCUT2D eigenvalue weighted by Crippen LogP contribution is -2.22. The van der Waals surface area contributed by atoms with E-state index in [1.165, 1.54) is 11.8 Å². The van der Waals surface area contributed by atoms with Gasteiger partial charge in [0.1, 0.15) is 0 Å². The number of aryl methyl sites for hydroxylation is 3. The Morgan fingerprint density at radius 3 is 2.59 bits per heavy atom. The van der Waals surface area contributed by atoms with Crippen molar-refractivity contribution in [3.05, 3.63) is 69.8 Å². The number of para-hydroxylation sites is 1. The van der Waals surface area contributed by atoms with Crippen LogP contribution in [-0.4, -0.2) is 29.8 Å². The molecule has 2 aromatic heterocycles. The number of nitrogens with zero attached hydrogens (tertiary/aromatic N) is 6. The Balaban J connectivity index is 1.83. The summed E-state index contributed by atoms with van der Waals surface area (Å²) in [7, 11) is 0. The van der Waals surface area contributed by atoms with E-state index in [9.17, 15) is 4.79 Å². The molecule has 0 saturated heterocycles. The van der Waals surface area contributed by atoms with Gasteiger partial charge < -0.3 is 0 Å². The summed E-state index contributed by atoms with van der Waals surface area (Å²) in [6.07, 6.45) is 0.949. The molecule has 0 aliphatic heterocycles. The highest BCUT2D eigenvalue weighted by Crippen LogP contribution is 2.25. The molecule has 4 rings (SSSR count). The number of fused-ring (bicyclic) bond motifs is 1. The van der Waals surface area contributed by atoms with Gasteiger partial charge in [0, 0.05) is 6.54 Å². The van der Waals surface area contributed by atoms with Gasteiger partial charge in [0.05, 0.1) is 22.3 Å². The molecule has 2 aromatic carbocycles. The van der Waals surface area contributed by atoms with Crippen LogP contribution in [-0.2, 0) is 12.3 Å². The van der Waals surface area contributed by atoms with Gasteiger partial charge in [0.25, 0.3) is 5.56 Å². The van der Waals surface area contributed by atoms with Crippen LogP contribution < -0.4 is 5.56 Å². The highest BCUT2D eigenvalue weighted by molar-refractivity contribution is 7.98. The van der Waals surface area contributed by atoms with E-state index in [0.717, 1.165) is 35.6 Å². The SMILES string of the molecule is CCCn1nnnc1CSc1nc2ccccc2c(=O)n1-c1cc(C)cc(C)c1. The Morgan fingerprint density at radius 1 is 1.07 bits per heavy atom. The number of aromatic nitrogens is 6. The standard InChI is InChI=1S/C21H22N6OS/c1-4-9-26-19(23-24-25-26)13-29-21-22-18-8-6-5-7-17(18)20(28)27(21)16-11-14(2)10-15(3)12-16/h5-8,10-12H,4,9,13H2,1-3H3. The maximum absolute atomic E-state index is 13.4. The van der Waals surface area contributed by atoms with E-state index < -0.39 is 0 Å². The predicted molar refractivity (Wildman–Crippen MR) is 114 cm³/mol. The summed E-state index contributed by atoms with van der Waals surface area (Å²) in [4.78, 5) is 18.2. The third-order valence-corrected chi connectivity index (χ3v) is 5.52. The van der Waals surface area contributed by atoms with Crippen LogP contribution in [0.15, 0.2) is 52.4 Å². The van der Waals surface area contributed by atoms with Crippen molar-refractivity contribution in [3.8, 4) is 5.69 Å². The molecular formula is C21H22N6OS. The molecule has 0 saturated carbocycles. The van der Waals surface area contributed by atoms with Gasteiger partial charge in [0.15, 0.2) is 11.0 Å². The van der Waals surface area contributed by atoms with Crippen LogP contribution in [0.2, 0.25) is 0 Å². The number of benzene rings is 2. The second kappa shape index (κ2) is 8.16. The molecule has 2 heterocycles. The van der Waals surface area contributed by atoms with E-state index in [1.54, 1.807) is 9.25 Å². The van der Waals surface area contributed by atoms with Crippen LogP contribution in [0.25, 0.3) is 16.6 Å². The van der Waals surface area contributed by atoms with Crippen LogP contribution in [0.3, 0.4) is 0 Å². The molecular weight excluding hydrogens is 384 g/mol. The lowest BCUT2D eigenvalue weighted by Gasteiger charge is -2.14. The summed E-state index contributed by atoms with van der Waals surface area (Å²) in [5.74, 6) is 1.30. The molecule has 0 fully saturated rings. The van der Waals surface area contributed by atoms with E-state index in [2.05, 4.69) is 28.5 Å². The van der Waals surface area contributed by atoms with E-state index in [0.29, 0.717) is 21.8 Å². The van der Waals surface area contributed by atoms with Gasteiger partial charge in [0.2, 0.25) is 0 Å². The average Bonchev–Trinajstić information content (AvgIpc) is 3.13. The quantitative estimate of drug-likeness (QED) is 0.359. The van der Waals surface area contributed by atoms with Crippen molar-refractivity contribution >= 4 is 22.7 Å². The zero-order valence-corrected chi connectivity index (χ0v) is 17.5. The Bertz CT molecular complexity index is 1210. The highest BCUT2D eigenvalue weighted by Gasteiger charge is 2.15. The van der Waals surface area contributed by atoms with Gasteiger partial charge in [-0.15, -0.1) is 5.10 Å². The minimum absolute atomic E-state index is 0.0729. The van der Waals surface area contributed by atoms with Crippen LogP contribution in [0.1, 0.15) is 30.3 Å². The molecule has 0 N–H and O–H groups in total. The largest absolute Gasteiger partial charge is 0.268 e. The van der Waals surface area contributed by atoms with Gasteiger partial charge in [-0.05, 0) is 66.1 Å². The second-order valence-electron chi connectivity index (χ2n) is 7.00. The van der Waals surface area contributed by atoms with Gasteiger partial charge in [-0.1, -0.05) is 36.9 Å². The normalized spacial score (nSPS) is 11.3. The molecule has 0 spiro atoms. The number of tetrazole rings is 1. The van der Waals surface area contributed by atoms with Gasteiger partial charge >= 0.3 is 0 Å². The van der Waals surface area contributed by atoms with E-state index in [1.807, 2.05) is 50.2 Å². The third kappa shape index (κ3) is 3.93. The van der Waals surface area contributed by atoms with Crippen molar-refractivity contribution in [1.82, 2.24) is 29.8 Å². The fourth-order valence-electron chi connectivity index (χ4n) is 3.36. The van der Waals surface area contributed by atoms with E-state index in [-0.39, 0.29) is 5.56 Å². The van der Waals surface area contributed by atoms with Gasteiger partial charge in [-0.2, -0.15) is 0 Å². The van der Waals surface area contributed by atoms with Crippen LogP contribution >= 0.6 is 11.8 Å². The molecule has 0 unspecified atom stereocenters. The monoisotopic (exact) mass is 406 g/mol. The maximum Gasteiger partial charge on any atom is 0.266 e. The second-order valence-corrected chi connectivity index (χ2v) is 7.95. The summed E-state index contributed by atoms with van der Waals surface area (Å²) in [5.41, 5.74) is 3.64. The molecule has 0 amide bonds. The minimum Gasteiger partial charge on any atom is -0.268 e. The summed E-state index contributed by atoms with van der Waals surface area (Å²) >= 11 is 1.47. The number of thioether (sulfide) groups is 1. The predicted octanol–water partition coefficient (Wildman–Crippen LogP) is 3.69. The minimum atomic E-state index is -0.0729. The smallest absolute Gasteiger partial charge is 0.266 e. The molecule has 0 bridgehead atoms. The molecule has 0 atom stereocenters. The van der Waals surface area contributed by atoms with Crippen molar-refractivity contribution in [2.45, 2.75) is 44.6 Å². The Morgan fingerprint density at radius 2 is 1.83 bits per heavy atom. The maximum atomic E-state index is 13.4. The number of hydrogen-bond donors (Lipinski definition) is 0.